The molecule has 2 rings (SSSR count). The van der Waals surface area contributed by atoms with Gasteiger partial charge in [-0.1, -0.05) is 24.3 Å². The van der Waals surface area contributed by atoms with Gasteiger partial charge in [-0.05, 0) is 30.2 Å². The lowest BCUT2D eigenvalue weighted by Crippen LogP contribution is -2.04. The Hall–Kier alpha value is -2.87. The zero-order valence-corrected chi connectivity index (χ0v) is 11.0. The van der Waals surface area contributed by atoms with Crippen LogP contribution in [0.25, 0.3) is 0 Å². The van der Waals surface area contributed by atoms with Crippen LogP contribution < -0.4 is 5.32 Å². The van der Waals surface area contributed by atoms with Gasteiger partial charge in [-0.3, -0.25) is 10.1 Å². The first-order valence-electron chi connectivity index (χ1n) is 6.08. The molecular weight excluding hydrogens is 254 g/mol. The van der Waals surface area contributed by atoms with Crippen LogP contribution in [0.1, 0.15) is 16.7 Å². The highest BCUT2D eigenvalue weighted by Gasteiger charge is 2.14. The Bertz CT molecular complexity index is 690. The van der Waals surface area contributed by atoms with Crippen LogP contribution in [0.2, 0.25) is 0 Å². The van der Waals surface area contributed by atoms with Crippen molar-refractivity contribution in [3.05, 3.63) is 69.3 Å². The number of nitro groups is 1. The topological polar surface area (TPSA) is 79.0 Å². The molecule has 5 heteroatoms. The van der Waals surface area contributed by atoms with Crippen molar-refractivity contribution in [1.82, 2.24) is 0 Å². The van der Waals surface area contributed by atoms with Gasteiger partial charge in [0, 0.05) is 12.6 Å². The largest absolute Gasteiger partial charge is 0.375 e. The fourth-order valence-corrected chi connectivity index (χ4v) is 1.98. The molecule has 2 aromatic rings. The number of rotatable bonds is 4. The summed E-state index contributed by atoms with van der Waals surface area (Å²) in [5, 5.41) is 22.9. The summed E-state index contributed by atoms with van der Waals surface area (Å²) in [6.07, 6.45) is 0. The molecule has 0 aliphatic rings. The Morgan fingerprint density at radius 3 is 2.75 bits per heavy atom. The fraction of sp³-hybridized carbons (Fsp3) is 0.133. The highest BCUT2D eigenvalue weighted by Crippen LogP contribution is 2.28. The van der Waals surface area contributed by atoms with Gasteiger partial charge in [0.15, 0.2) is 0 Å². The number of aryl methyl sites for hydroxylation is 1. The molecular formula is C15H13N3O2. The number of nitro benzene ring substituents is 1. The normalized spacial score (nSPS) is 9.80. The van der Waals surface area contributed by atoms with Gasteiger partial charge < -0.3 is 5.32 Å². The van der Waals surface area contributed by atoms with Crippen molar-refractivity contribution < 1.29 is 4.92 Å². The molecule has 0 bridgehead atoms. The fourth-order valence-electron chi connectivity index (χ4n) is 1.98. The van der Waals surface area contributed by atoms with E-state index in [-0.39, 0.29) is 5.69 Å². The molecule has 100 valence electrons. The molecule has 0 amide bonds. The van der Waals surface area contributed by atoms with Crippen LogP contribution in [-0.4, -0.2) is 4.92 Å². The average Bonchev–Trinajstić information content (AvgIpc) is 2.45. The predicted octanol–water partition coefficient (Wildman–Crippen LogP) is 3.39. The summed E-state index contributed by atoms with van der Waals surface area (Å²) in [6.45, 7) is 2.25. The summed E-state index contributed by atoms with van der Waals surface area (Å²) in [6, 6.07) is 14.2. The quantitative estimate of drug-likeness (QED) is 0.680. The van der Waals surface area contributed by atoms with E-state index in [0.29, 0.717) is 17.8 Å². The SMILES string of the molecule is Cc1cccc([N+](=O)[O-])c1NCc1cccc(C#N)c1. The van der Waals surface area contributed by atoms with Gasteiger partial charge in [0.2, 0.25) is 0 Å². The second-order valence-corrected chi connectivity index (χ2v) is 4.39. The highest BCUT2D eigenvalue weighted by molar-refractivity contribution is 5.66. The van der Waals surface area contributed by atoms with Crippen LogP contribution in [0.15, 0.2) is 42.5 Å². The Kier molecular flexibility index (Phi) is 3.96. The van der Waals surface area contributed by atoms with E-state index in [1.54, 1.807) is 24.3 Å². The van der Waals surface area contributed by atoms with Crippen molar-refractivity contribution in [3.8, 4) is 6.07 Å². The third-order valence-corrected chi connectivity index (χ3v) is 2.97. The minimum Gasteiger partial charge on any atom is -0.375 e. The maximum absolute atomic E-state index is 11.0. The number of nitrogens with zero attached hydrogens (tertiary/aromatic N) is 2. The van der Waals surface area contributed by atoms with E-state index in [1.165, 1.54) is 6.07 Å². The van der Waals surface area contributed by atoms with Crippen molar-refractivity contribution >= 4 is 11.4 Å². The number of para-hydroxylation sites is 1. The van der Waals surface area contributed by atoms with Crippen LogP contribution in [0.3, 0.4) is 0 Å². The van der Waals surface area contributed by atoms with E-state index < -0.39 is 4.92 Å². The molecule has 0 aromatic heterocycles. The molecule has 0 aliphatic heterocycles. The van der Waals surface area contributed by atoms with E-state index in [2.05, 4.69) is 11.4 Å². The summed E-state index contributed by atoms with van der Waals surface area (Å²) < 4.78 is 0. The zero-order valence-electron chi connectivity index (χ0n) is 11.0. The molecule has 0 unspecified atom stereocenters. The molecule has 2 aromatic carbocycles. The second-order valence-electron chi connectivity index (χ2n) is 4.39. The van der Waals surface area contributed by atoms with Gasteiger partial charge in [-0.25, -0.2) is 0 Å². The Labute approximate surface area is 116 Å². The summed E-state index contributed by atoms with van der Waals surface area (Å²) in [7, 11) is 0. The molecule has 0 fully saturated rings. The Morgan fingerprint density at radius 2 is 2.05 bits per heavy atom. The molecule has 0 saturated heterocycles. The molecule has 1 N–H and O–H groups in total. The van der Waals surface area contributed by atoms with Crippen molar-refractivity contribution in [2.24, 2.45) is 0 Å². The van der Waals surface area contributed by atoms with Gasteiger partial charge in [0.1, 0.15) is 5.69 Å². The van der Waals surface area contributed by atoms with Crippen molar-refractivity contribution in [2.45, 2.75) is 13.5 Å². The zero-order chi connectivity index (χ0) is 14.5. The number of benzene rings is 2. The van der Waals surface area contributed by atoms with Crippen LogP contribution in [0.4, 0.5) is 11.4 Å². The summed E-state index contributed by atoms with van der Waals surface area (Å²) in [4.78, 5) is 10.6. The second kappa shape index (κ2) is 5.85. The smallest absolute Gasteiger partial charge is 0.292 e. The molecule has 5 nitrogen and oxygen atoms in total. The lowest BCUT2D eigenvalue weighted by atomic mass is 10.1. The molecule has 20 heavy (non-hydrogen) atoms. The van der Waals surface area contributed by atoms with Gasteiger partial charge in [-0.15, -0.1) is 0 Å². The predicted molar refractivity (Wildman–Crippen MR) is 76.3 cm³/mol. The van der Waals surface area contributed by atoms with Crippen molar-refractivity contribution in [2.75, 3.05) is 5.32 Å². The van der Waals surface area contributed by atoms with Crippen LogP contribution in [0.5, 0.6) is 0 Å². The first kappa shape index (κ1) is 13.6. The minimum absolute atomic E-state index is 0.0569. The maximum Gasteiger partial charge on any atom is 0.292 e. The molecule has 0 spiro atoms. The third kappa shape index (κ3) is 2.93. The summed E-state index contributed by atoms with van der Waals surface area (Å²) in [5.74, 6) is 0. The number of anilines is 1. The minimum atomic E-state index is -0.402. The molecule has 0 radical (unpaired) electrons. The van der Waals surface area contributed by atoms with Crippen molar-refractivity contribution in [3.63, 3.8) is 0 Å². The van der Waals surface area contributed by atoms with Gasteiger partial charge in [-0.2, -0.15) is 5.26 Å². The van der Waals surface area contributed by atoms with E-state index >= 15 is 0 Å². The van der Waals surface area contributed by atoms with Crippen molar-refractivity contribution in [1.29, 1.82) is 5.26 Å². The standard InChI is InChI=1S/C15H13N3O2/c1-11-4-2-7-14(18(19)20)15(11)17-10-13-6-3-5-12(8-13)9-16/h2-8,17H,10H2,1H3. The first-order chi connectivity index (χ1) is 9.61. The third-order valence-electron chi connectivity index (χ3n) is 2.97. The Balaban J connectivity index is 2.23. The first-order valence-corrected chi connectivity index (χ1v) is 6.08. The summed E-state index contributed by atoms with van der Waals surface area (Å²) >= 11 is 0. The number of nitrogens with one attached hydrogen (secondary N) is 1. The van der Waals surface area contributed by atoms with Crippen LogP contribution in [-0.2, 0) is 6.54 Å². The van der Waals surface area contributed by atoms with Gasteiger partial charge >= 0.3 is 0 Å². The number of hydrogen-bond donors (Lipinski definition) is 1. The molecule has 0 atom stereocenters. The number of nitriles is 1. The lowest BCUT2D eigenvalue weighted by molar-refractivity contribution is -0.384. The van der Waals surface area contributed by atoms with E-state index in [0.717, 1.165) is 11.1 Å². The molecule has 0 aliphatic carbocycles. The van der Waals surface area contributed by atoms with Gasteiger partial charge in [0.25, 0.3) is 5.69 Å². The molecule has 0 heterocycles. The maximum atomic E-state index is 11.0. The van der Waals surface area contributed by atoms with E-state index in [9.17, 15) is 10.1 Å². The average molecular weight is 267 g/mol. The summed E-state index contributed by atoms with van der Waals surface area (Å²) in [5.41, 5.74) is 2.86. The van der Waals surface area contributed by atoms with Crippen LogP contribution in [0, 0.1) is 28.4 Å². The van der Waals surface area contributed by atoms with Crippen LogP contribution >= 0.6 is 0 Å². The Morgan fingerprint density at radius 1 is 1.30 bits per heavy atom. The van der Waals surface area contributed by atoms with E-state index in [1.807, 2.05) is 19.1 Å². The van der Waals surface area contributed by atoms with Gasteiger partial charge in [0.05, 0.1) is 16.6 Å². The molecule has 0 saturated carbocycles. The lowest BCUT2D eigenvalue weighted by Gasteiger charge is -2.10. The number of hydrogen-bond acceptors (Lipinski definition) is 4. The highest BCUT2D eigenvalue weighted by atomic mass is 16.6. The monoisotopic (exact) mass is 267 g/mol. The van der Waals surface area contributed by atoms with E-state index in [4.69, 9.17) is 5.26 Å².